The molecule has 1 saturated heterocycles. The Hall–Kier alpha value is -3.16. The molecule has 1 amide bonds. The van der Waals surface area contributed by atoms with Crippen molar-refractivity contribution in [2.75, 3.05) is 32.2 Å². The highest BCUT2D eigenvalue weighted by molar-refractivity contribution is 7.18. The number of carbonyl (C=O) groups is 2. The summed E-state index contributed by atoms with van der Waals surface area (Å²) < 4.78 is 6.47. The molecule has 1 aliphatic heterocycles. The molecule has 1 fully saturated rings. The van der Waals surface area contributed by atoms with Crippen molar-refractivity contribution in [2.24, 2.45) is 12.2 Å². The Morgan fingerprint density at radius 3 is 2.69 bits per heavy atom. The van der Waals surface area contributed by atoms with Crippen molar-refractivity contribution < 1.29 is 19.2 Å². The maximum atomic E-state index is 12.8. The predicted molar refractivity (Wildman–Crippen MR) is 132 cm³/mol. The van der Waals surface area contributed by atoms with Crippen LogP contribution in [-0.4, -0.2) is 75.7 Å². The number of amides is 1. The van der Waals surface area contributed by atoms with Crippen molar-refractivity contribution in [2.45, 2.75) is 19.4 Å². The van der Waals surface area contributed by atoms with Crippen LogP contribution < -0.4 is 10.2 Å². The van der Waals surface area contributed by atoms with Crippen LogP contribution in [0.4, 0.5) is 5.13 Å². The molecule has 12 nitrogen and oxygen atoms in total. The monoisotopic (exact) mass is 540 g/mol. The van der Waals surface area contributed by atoms with Crippen LogP contribution in [0.5, 0.6) is 0 Å². The third-order valence-corrected chi connectivity index (χ3v) is 7.46. The number of piperidine rings is 1. The summed E-state index contributed by atoms with van der Waals surface area (Å²) in [6.07, 6.45) is 1.89. The van der Waals surface area contributed by atoms with E-state index in [1.165, 1.54) is 36.6 Å². The van der Waals surface area contributed by atoms with Crippen LogP contribution in [0.25, 0.3) is 11.5 Å². The molecule has 1 aliphatic rings. The minimum Gasteiger partial charge on any atom is -0.465 e. The Balaban J connectivity index is 1.57. The van der Waals surface area contributed by atoms with Gasteiger partial charge in [0.1, 0.15) is 29.7 Å². The first-order chi connectivity index (χ1) is 16.7. The molecule has 1 atom stereocenters. The number of ether oxygens (including phenoxy) is 1. The number of carbonyl (C=O) groups excluding carboxylic acids is 2. The fourth-order valence-corrected chi connectivity index (χ4v) is 5.08. The summed E-state index contributed by atoms with van der Waals surface area (Å²) in [6.45, 7) is 2.56. The van der Waals surface area contributed by atoms with Gasteiger partial charge >= 0.3 is 5.97 Å². The molecular formula is C20H22Cl2N8O4S. The molecule has 3 aromatic heterocycles. The van der Waals surface area contributed by atoms with E-state index < -0.39 is 17.9 Å². The molecule has 4 rings (SSSR count). The summed E-state index contributed by atoms with van der Waals surface area (Å²) >= 11 is 13.5. The van der Waals surface area contributed by atoms with Crippen LogP contribution in [-0.2, 0) is 16.6 Å². The average molecular weight is 541 g/mol. The summed E-state index contributed by atoms with van der Waals surface area (Å²) in [5.41, 5.74) is 1.74. The molecule has 3 aromatic rings. The first-order valence-electron chi connectivity index (χ1n) is 10.4. The molecule has 0 aromatic carbocycles. The molecule has 0 spiro atoms. The van der Waals surface area contributed by atoms with Crippen molar-refractivity contribution in [3.63, 3.8) is 0 Å². The summed E-state index contributed by atoms with van der Waals surface area (Å²) in [4.78, 5) is 44.3. The van der Waals surface area contributed by atoms with E-state index in [1.807, 2.05) is 4.90 Å². The second kappa shape index (κ2) is 10.2. The number of hydrogen-bond acceptors (Lipinski definition) is 10. The van der Waals surface area contributed by atoms with E-state index in [-0.39, 0.29) is 10.7 Å². The lowest BCUT2D eigenvalue weighted by Gasteiger charge is -2.32. The first kappa shape index (κ1) is 24.9. The molecule has 15 heteroatoms. The van der Waals surface area contributed by atoms with Gasteiger partial charge in [0.05, 0.1) is 35.5 Å². The van der Waals surface area contributed by atoms with Gasteiger partial charge < -0.3 is 24.8 Å². The van der Waals surface area contributed by atoms with Crippen LogP contribution in [0.2, 0.25) is 10.0 Å². The average Bonchev–Trinajstić information content (AvgIpc) is 3.54. The second-order valence-corrected chi connectivity index (χ2v) is 9.36. The molecule has 0 saturated carbocycles. The van der Waals surface area contributed by atoms with E-state index in [2.05, 4.69) is 30.5 Å². The van der Waals surface area contributed by atoms with Gasteiger partial charge in [0.2, 0.25) is 0 Å². The summed E-state index contributed by atoms with van der Waals surface area (Å²) in [6, 6.07) is -0.407. The largest absolute Gasteiger partial charge is 0.465 e. The number of rotatable bonds is 6. The number of H-pyrrole nitrogens is 1. The number of esters is 1. The fourth-order valence-electron chi connectivity index (χ4n) is 3.66. The number of aryl methyl sites for hydroxylation is 2. The smallest absolute Gasteiger partial charge is 0.350 e. The number of nitrogens with one attached hydrogen (secondary N) is 2. The number of aromatic amines is 1. The van der Waals surface area contributed by atoms with Crippen LogP contribution in [0, 0.1) is 6.92 Å². The van der Waals surface area contributed by atoms with Gasteiger partial charge in [-0.15, -0.1) is 0 Å². The lowest BCUT2D eigenvalue weighted by atomic mass is 10.0. The van der Waals surface area contributed by atoms with Crippen molar-refractivity contribution in [3.05, 3.63) is 32.6 Å². The topological polar surface area (TPSA) is 140 Å². The van der Waals surface area contributed by atoms with E-state index in [1.54, 1.807) is 14.0 Å². The molecule has 0 aliphatic carbocycles. The van der Waals surface area contributed by atoms with Gasteiger partial charge in [0.25, 0.3) is 5.91 Å². The quantitative estimate of drug-likeness (QED) is 0.359. The van der Waals surface area contributed by atoms with Crippen LogP contribution in [0.1, 0.15) is 32.3 Å². The molecule has 186 valence electrons. The van der Waals surface area contributed by atoms with Gasteiger partial charge in [-0.05, 0) is 13.3 Å². The van der Waals surface area contributed by atoms with Gasteiger partial charge in [-0.25, -0.2) is 19.4 Å². The second-order valence-electron chi connectivity index (χ2n) is 7.63. The number of thiazole rings is 1. The van der Waals surface area contributed by atoms with Gasteiger partial charge in [-0.1, -0.05) is 39.7 Å². The maximum Gasteiger partial charge on any atom is 0.350 e. The van der Waals surface area contributed by atoms with Crippen molar-refractivity contribution in [3.8, 4) is 11.5 Å². The Labute approximate surface area is 214 Å². The van der Waals surface area contributed by atoms with E-state index in [9.17, 15) is 9.59 Å². The SMILES string of the molecule is CO/N=C1\CN(c2nc(-c3ncnn3C)c(C(=O)OC)s2)CCC1NC(=O)c1[nH]c(C)c(Cl)c1Cl. The highest BCUT2D eigenvalue weighted by Crippen LogP contribution is 2.34. The third-order valence-electron chi connectivity index (χ3n) is 5.42. The lowest BCUT2D eigenvalue weighted by Crippen LogP contribution is -2.52. The van der Waals surface area contributed by atoms with Gasteiger partial charge in [0, 0.05) is 19.3 Å². The van der Waals surface area contributed by atoms with Crippen molar-refractivity contribution in [1.29, 1.82) is 0 Å². The van der Waals surface area contributed by atoms with Crippen molar-refractivity contribution in [1.82, 2.24) is 30.0 Å². The van der Waals surface area contributed by atoms with Gasteiger partial charge in [0.15, 0.2) is 11.0 Å². The summed E-state index contributed by atoms with van der Waals surface area (Å²) in [5.74, 6) is -0.479. The fraction of sp³-hybridized carbons (Fsp3) is 0.400. The van der Waals surface area contributed by atoms with Crippen LogP contribution in [0.15, 0.2) is 11.5 Å². The molecular weight excluding hydrogens is 519 g/mol. The zero-order valence-corrected chi connectivity index (χ0v) is 21.6. The highest BCUT2D eigenvalue weighted by Gasteiger charge is 2.32. The van der Waals surface area contributed by atoms with E-state index in [0.717, 1.165) is 0 Å². The molecule has 0 radical (unpaired) electrons. The lowest BCUT2D eigenvalue weighted by molar-refractivity contribution is 0.0606. The van der Waals surface area contributed by atoms with E-state index in [0.29, 0.717) is 57.5 Å². The molecule has 0 bridgehead atoms. The molecule has 1 unspecified atom stereocenters. The van der Waals surface area contributed by atoms with Gasteiger partial charge in [-0.2, -0.15) is 5.10 Å². The molecule has 35 heavy (non-hydrogen) atoms. The number of hydrogen-bond donors (Lipinski definition) is 2. The summed E-state index contributed by atoms with van der Waals surface area (Å²) in [5, 5.41) is 12.2. The van der Waals surface area contributed by atoms with Gasteiger partial charge in [-0.3, -0.25) is 4.79 Å². The van der Waals surface area contributed by atoms with Crippen molar-refractivity contribution >= 4 is 57.3 Å². The summed E-state index contributed by atoms with van der Waals surface area (Å²) in [7, 11) is 4.45. The number of halogens is 2. The number of nitrogens with zero attached hydrogens (tertiary/aromatic N) is 6. The number of anilines is 1. The maximum absolute atomic E-state index is 12.8. The van der Waals surface area contributed by atoms with Crippen LogP contribution in [0.3, 0.4) is 0 Å². The Morgan fingerprint density at radius 1 is 1.31 bits per heavy atom. The molecule has 2 N–H and O–H groups in total. The number of methoxy groups -OCH3 is 1. The Kier molecular flexibility index (Phi) is 7.28. The molecule has 4 heterocycles. The van der Waals surface area contributed by atoms with Crippen LogP contribution >= 0.6 is 34.5 Å². The standard InChI is InChI=1S/C20H22Cl2N8O4S/c1-9-12(21)13(22)14(25-9)18(31)26-10-5-6-30(7-11(10)28-34-4)20-27-15(16(35-20)19(32)33-3)17-23-8-24-29(17)2/h8,10,25H,5-7H2,1-4H3,(H,26,31)/b28-11+. The minimum absolute atomic E-state index is 0.166. The predicted octanol–water partition coefficient (Wildman–Crippen LogP) is 2.68. The Morgan fingerprint density at radius 2 is 2.09 bits per heavy atom. The normalized spacial score (nSPS) is 17.0. The Bertz CT molecular complexity index is 1300. The zero-order chi connectivity index (χ0) is 25.3. The zero-order valence-electron chi connectivity index (χ0n) is 19.3. The number of oxime groups is 1. The highest BCUT2D eigenvalue weighted by atomic mass is 35.5. The minimum atomic E-state index is -0.517. The first-order valence-corrected chi connectivity index (χ1v) is 11.9. The van der Waals surface area contributed by atoms with E-state index >= 15 is 0 Å². The third kappa shape index (κ3) is 4.83. The van der Waals surface area contributed by atoms with E-state index in [4.69, 9.17) is 32.8 Å². The number of aromatic nitrogens is 5.